The molecule has 0 N–H and O–H groups in total. The Kier molecular flexibility index (Phi) is 7.66. The van der Waals surface area contributed by atoms with E-state index in [0.717, 1.165) is 55.4 Å². The van der Waals surface area contributed by atoms with Gasteiger partial charge >= 0.3 is 0 Å². The van der Waals surface area contributed by atoms with Crippen molar-refractivity contribution in [2.24, 2.45) is 0 Å². The average molecular weight is 853 g/mol. The van der Waals surface area contributed by atoms with Gasteiger partial charge in [-0.05, 0) is 83.9 Å². The molecule has 0 spiro atoms. The number of nitrogens with zero attached hydrogens (tertiary/aromatic N) is 4. The molecule has 0 bridgehead atoms. The van der Waals surface area contributed by atoms with Gasteiger partial charge in [-0.25, -0.2) is 15.0 Å². The van der Waals surface area contributed by atoms with Crippen molar-refractivity contribution in [2.45, 2.75) is 0 Å². The maximum Gasteiger partial charge on any atom is 0.164 e. The summed E-state index contributed by atoms with van der Waals surface area (Å²) in [6.45, 7) is 0. The number of fused-ring (bicyclic) bond motifs is 12. The molecule has 5 nitrogen and oxygen atoms in total. The maximum absolute atomic E-state index is 6.60. The van der Waals surface area contributed by atoms with E-state index >= 15 is 0 Å². The van der Waals surface area contributed by atoms with E-state index < -0.39 is 0 Å². The Morgan fingerprint density at radius 2 is 0.891 bits per heavy atom. The lowest BCUT2D eigenvalue weighted by Gasteiger charge is -2.10. The summed E-state index contributed by atoms with van der Waals surface area (Å²) >= 11 is 3.59. The molecule has 9 aromatic carbocycles. The Bertz CT molecular complexity index is 4080. The van der Waals surface area contributed by atoms with Crippen molar-refractivity contribution in [1.82, 2.24) is 19.5 Å². The first-order valence-corrected chi connectivity index (χ1v) is 23.0. The van der Waals surface area contributed by atoms with Crippen LogP contribution in [0.4, 0.5) is 0 Å². The standard InChI is InChI=1S/C57H32N4OS2/c1-2-11-37(12-3-1)61-46-17-7-4-13-38(46)44-29-33(23-27-47(44)61)34-24-28-48-45(30-34)54-43(16-10-18-49(54)62-48)57-59-55(35-21-25-41-39-14-5-8-19-50(39)63-52(41)31-35)58-56(60-57)36-22-26-42-40-15-6-9-20-51(40)64-53(42)32-36/h1-32H. The van der Waals surface area contributed by atoms with E-state index in [-0.39, 0.29) is 0 Å². The first kappa shape index (κ1) is 35.6. The molecule has 0 fully saturated rings. The Labute approximate surface area is 373 Å². The molecule has 14 aromatic rings. The first-order valence-electron chi connectivity index (χ1n) is 21.3. The molecule has 5 heterocycles. The molecular formula is C57H32N4OS2. The highest BCUT2D eigenvalue weighted by molar-refractivity contribution is 7.26. The van der Waals surface area contributed by atoms with E-state index in [1.165, 1.54) is 62.2 Å². The smallest absolute Gasteiger partial charge is 0.164 e. The van der Waals surface area contributed by atoms with Gasteiger partial charge in [-0.2, -0.15) is 0 Å². The predicted octanol–water partition coefficient (Wildman–Crippen LogP) is 16.3. The minimum Gasteiger partial charge on any atom is -0.456 e. The van der Waals surface area contributed by atoms with Crippen molar-refractivity contribution in [3.63, 3.8) is 0 Å². The lowest BCUT2D eigenvalue weighted by atomic mass is 9.99. The fraction of sp³-hybridized carbons (Fsp3) is 0. The third kappa shape index (κ3) is 5.45. The Balaban J connectivity index is 0.956. The molecule has 0 unspecified atom stereocenters. The van der Waals surface area contributed by atoms with E-state index in [4.69, 9.17) is 19.4 Å². The quantitative estimate of drug-likeness (QED) is 0.173. The molecule has 14 rings (SSSR count). The SMILES string of the molecule is c1ccc(-n2c3ccccc3c3cc(-c4ccc5oc6cccc(-c7nc(-c8ccc9c(c8)sc8ccccc89)nc(-c8ccc9c(c8)sc8ccccc89)n7)c6c5c4)ccc32)cc1. The summed E-state index contributed by atoms with van der Waals surface area (Å²) in [5.74, 6) is 1.86. The van der Waals surface area contributed by atoms with Crippen LogP contribution in [-0.4, -0.2) is 19.5 Å². The van der Waals surface area contributed by atoms with Crippen LogP contribution in [0.1, 0.15) is 0 Å². The summed E-state index contributed by atoms with van der Waals surface area (Å²) in [7, 11) is 0. The molecule has 0 aliphatic heterocycles. The number of para-hydroxylation sites is 2. The normalized spacial score (nSPS) is 12.1. The van der Waals surface area contributed by atoms with Crippen molar-refractivity contribution in [3.05, 3.63) is 194 Å². The lowest BCUT2D eigenvalue weighted by molar-refractivity contribution is 0.669. The number of hydrogen-bond acceptors (Lipinski definition) is 6. The number of hydrogen-bond donors (Lipinski definition) is 0. The molecular weight excluding hydrogens is 821 g/mol. The third-order valence-electron chi connectivity index (χ3n) is 12.7. The van der Waals surface area contributed by atoms with Gasteiger partial charge in [-0.3, -0.25) is 0 Å². The number of thiophene rings is 2. The highest BCUT2D eigenvalue weighted by atomic mass is 32.1. The van der Waals surface area contributed by atoms with Crippen LogP contribution in [0.25, 0.3) is 135 Å². The maximum atomic E-state index is 6.60. The van der Waals surface area contributed by atoms with Crippen LogP contribution in [0.15, 0.2) is 199 Å². The lowest BCUT2D eigenvalue weighted by Crippen LogP contribution is -2.00. The van der Waals surface area contributed by atoms with E-state index in [9.17, 15) is 0 Å². The molecule has 0 saturated heterocycles. The fourth-order valence-corrected chi connectivity index (χ4v) is 12.0. The largest absolute Gasteiger partial charge is 0.456 e. The summed E-state index contributed by atoms with van der Waals surface area (Å²) in [5, 5.41) is 9.42. The fourth-order valence-electron chi connectivity index (χ4n) is 9.68. The van der Waals surface area contributed by atoms with Gasteiger partial charge in [0.2, 0.25) is 0 Å². The summed E-state index contributed by atoms with van der Waals surface area (Å²) in [6.07, 6.45) is 0. The zero-order valence-electron chi connectivity index (χ0n) is 34.0. The zero-order valence-corrected chi connectivity index (χ0v) is 35.6. The van der Waals surface area contributed by atoms with E-state index in [1.807, 2.05) is 12.1 Å². The van der Waals surface area contributed by atoms with Gasteiger partial charge in [0.1, 0.15) is 11.2 Å². The zero-order chi connectivity index (χ0) is 41.9. The van der Waals surface area contributed by atoms with Gasteiger partial charge in [0.15, 0.2) is 17.5 Å². The van der Waals surface area contributed by atoms with Gasteiger partial charge in [-0.15, -0.1) is 22.7 Å². The molecule has 0 amide bonds. The van der Waals surface area contributed by atoms with E-state index in [1.54, 1.807) is 22.7 Å². The second kappa shape index (κ2) is 13.8. The first-order chi connectivity index (χ1) is 31.7. The monoisotopic (exact) mass is 852 g/mol. The molecule has 0 aliphatic carbocycles. The van der Waals surface area contributed by atoms with Crippen molar-refractivity contribution >= 4 is 107 Å². The minimum atomic E-state index is 0.599. The Hall–Kier alpha value is -7.97. The Morgan fingerprint density at radius 3 is 1.59 bits per heavy atom. The van der Waals surface area contributed by atoms with Gasteiger partial charge in [-0.1, -0.05) is 121 Å². The van der Waals surface area contributed by atoms with Crippen molar-refractivity contribution in [3.8, 4) is 51.0 Å². The second-order valence-electron chi connectivity index (χ2n) is 16.3. The number of benzene rings is 9. The number of furan rings is 1. The molecule has 7 heteroatoms. The number of rotatable bonds is 5. The molecule has 0 saturated carbocycles. The van der Waals surface area contributed by atoms with Gasteiger partial charge in [0, 0.05) is 84.3 Å². The van der Waals surface area contributed by atoms with Crippen molar-refractivity contribution in [2.75, 3.05) is 0 Å². The molecule has 64 heavy (non-hydrogen) atoms. The van der Waals surface area contributed by atoms with Crippen molar-refractivity contribution < 1.29 is 4.42 Å². The van der Waals surface area contributed by atoms with E-state index in [2.05, 4.69) is 187 Å². The van der Waals surface area contributed by atoms with Crippen LogP contribution in [0.3, 0.4) is 0 Å². The second-order valence-corrected chi connectivity index (χ2v) is 18.5. The van der Waals surface area contributed by atoms with Gasteiger partial charge < -0.3 is 8.98 Å². The van der Waals surface area contributed by atoms with Crippen LogP contribution in [-0.2, 0) is 0 Å². The third-order valence-corrected chi connectivity index (χ3v) is 14.9. The minimum absolute atomic E-state index is 0.599. The molecule has 0 radical (unpaired) electrons. The molecule has 0 aliphatic rings. The van der Waals surface area contributed by atoms with Crippen molar-refractivity contribution in [1.29, 1.82) is 0 Å². The molecule has 298 valence electrons. The number of aromatic nitrogens is 4. The van der Waals surface area contributed by atoms with Gasteiger partial charge in [0.05, 0.1) is 11.0 Å². The van der Waals surface area contributed by atoms with Crippen LogP contribution in [0, 0.1) is 0 Å². The van der Waals surface area contributed by atoms with Crippen LogP contribution in [0.5, 0.6) is 0 Å². The molecule has 0 atom stereocenters. The summed E-state index contributed by atoms with van der Waals surface area (Å²) in [6, 6.07) is 69.1. The summed E-state index contributed by atoms with van der Waals surface area (Å²) in [4.78, 5) is 15.8. The van der Waals surface area contributed by atoms with Crippen LogP contribution in [0.2, 0.25) is 0 Å². The van der Waals surface area contributed by atoms with E-state index in [0.29, 0.717) is 17.5 Å². The van der Waals surface area contributed by atoms with Crippen LogP contribution >= 0.6 is 22.7 Å². The van der Waals surface area contributed by atoms with Crippen LogP contribution < -0.4 is 0 Å². The Morgan fingerprint density at radius 1 is 0.344 bits per heavy atom. The topological polar surface area (TPSA) is 56.7 Å². The average Bonchev–Trinajstić information content (AvgIpc) is 4.12. The summed E-state index contributed by atoms with van der Waals surface area (Å²) in [5.41, 5.74) is 10.1. The molecule has 5 aromatic heterocycles. The highest BCUT2D eigenvalue weighted by Crippen LogP contribution is 2.42. The summed E-state index contributed by atoms with van der Waals surface area (Å²) < 4.78 is 13.9. The predicted molar refractivity (Wildman–Crippen MR) is 269 cm³/mol. The van der Waals surface area contributed by atoms with Gasteiger partial charge in [0.25, 0.3) is 0 Å². The highest BCUT2D eigenvalue weighted by Gasteiger charge is 2.20.